The van der Waals surface area contributed by atoms with Crippen LogP contribution >= 0.6 is 0 Å². The second kappa shape index (κ2) is 4.24. The maximum absolute atomic E-state index is 13.1. The predicted octanol–water partition coefficient (Wildman–Crippen LogP) is 2.55. The van der Waals surface area contributed by atoms with Crippen LogP contribution in [0.1, 0.15) is 18.9 Å². The molecule has 1 atom stereocenters. The Balaban J connectivity index is 2.18. The fourth-order valence-corrected chi connectivity index (χ4v) is 2.08. The number of rotatable bonds is 1. The number of halogens is 1. The van der Waals surface area contributed by atoms with Crippen molar-refractivity contribution in [3.05, 3.63) is 29.6 Å². The molecule has 86 valence electrons. The van der Waals surface area contributed by atoms with Gasteiger partial charge in [0.15, 0.2) is 0 Å². The van der Waals surface area contributed by atoms with Crippen LogP contribution in [0, 0.1) is 18.7 Å². The van der Waals surface area contributed by atoms with Crippen LogP contribution in [0.4, 0.5) is 10.1 Å². The van der Waals surface area contributed by atoms with Gasteiger partial charge in [0.05, 0.1) is 0 Å². The summed E-state index contributed by atoms with van der Waals surface area (Å²) in [5.74, 6) is 0.235. The van der Waals surface area contributed by atoms with Crippen molar-refractivity contribution in [1.82, 2.24) is 0 Å². The Morgan fingerprint density at radius 2 is 2.19 bits per heavy atom. The average molecular weight is 221 g/mol. The van der Waals surface area contributed by atoms with Crippen molar-refractivity contribution in [2.24, 2.45) is 5.92 Å². The molecule has 16 heavy (non-hydrogen) atoms. The number of ketones is 1. The Morgan fingerprint density at radius 1 is 1.44 bits per heavy atom. The zero-order chi connectivity index (χ0) is 11.7. The van der Waals surface area contributed by atoms with Crippen molar-refractivity contribution in [1.29, 1.82) is 0 Å². The number of hydrogen-bond acceptors (Lipinski definition) is 2. The average Bonchev–Trinajstić information content (AvgIpc) is 2.26. The van der Waals surface area contributed by atoms with Crippen LogP contribution in [0.2, 0.25) is 0 Å². The molecule has 1 aliphatic rings. The number of anilines is 1. The third kappa shape index (κ3) is 2.08. The topological polar surface area (TPSA) is 20.3 Å². The Morgan fingerprint density at radius 3 is 2.81 bits per heavy atom. The SMILES string of the molecule is Cc1cc(N2CCC(=O)C(C)C2)ccc1F. The molecule has 1 fully saturated rings. The normalized spacial score (nSPS) is 21.3. The van der Waals surface area contributed by atoms with Gasteiger partial charge in [-0.2, -0.15) is 0 Å². The molecule has 1 saturated heterocycles. The van der Waals surface area contributed by atoms with Gasteiger partial charge in [0.25, 0.3) is 0 Å². The first-order chi connectivity index (χ1) is 7.58. The van der Waals surface area contributed by atoms with E-state index >= 15 is 0 Å². The summed E-state index contributed by atoms with van der Waals surface area (Å²) in [6.45, 7) is 5.19. The Hall–Kier alpha value is -1.38. The number of carbonyl (C=O) groups excluding carboxylic acids is 1. The molecule has 1 aromatic rings. The molecule has 0 aromatic heterocycles. The molecule has 0 amide bonds. The van der Waals surface area contributed by atoms with Gasteiger partial charge in [-0.3, -0.25) is 4.79 Å². The van der Waals surface area contributed by atoms with Crippen LogP contribution in [-0.4, -0.2) is 18.9 Å². The van der Waals surface area contributed by atoms with Crippen LogP contribution < -0.4 is 4.90 Å². The van der Waals surface area contributed by atoms with E-state index in [-0.39, 0.29) is 11.7 Å². The number of Topliss-reactive ketones (excluding diaryl/α,β-unsaturated/α-hetero) is 1. The Labute approximate surface area is 95.1 Å². The van der Waals surface area contributed by atoms with E-state index in [4.69, 9.17) is 0 Å². The first-order valence-electron chi connectivity index (χ1n) is 5.62. The largest absolute Gasteiger partial charge is 0.370 e. The minimum atomic E-state index is -0.176. The van der Waals surface area contributed by atoms with E-state index < -0.39 is 0 Å². The summed E-state index contributed by atoms with van der Waals surface area (Å²) in [6.07, 6.45) is 0.595. The van der Waals surface area contributed by atoms with Crippen LogP contribution in [-0.2, 0) is 4.79 Å². The molecule has 0 aliphatic carbocycles. The van der Waals surface area contributed by atoms with Crippen molar-refractivity contribution in [3.8, 4) is 0 Å². The van der Waals surface area contributed by atoms with Gasteiger partial charge in [0, 0.05) is 31.1 Å². The van der Waals surface area contributed by atoms with Gasteiger partial charge >= 0.3 is 0 Å². The van der Waals surface area contributed by atoms with E-state index in [9.17, 15) is 9.18 Å². The lowest BCUT2D eigenvalue weighted by atomic mass is 9.98. The van der Waals surface area contributed by atoms with Crippen molar-refractivity contribution in [3.63, 3.8) is 0 Å². The molecule has 0 N–H and O–H groups in total. The molecule has 0 bridgehead atoms. The first-order valence-corrected chi connectivity index (χ1v) is 5.62. The number of benzene rings is 1. The van der Waals surface area contributed by atoms with Gasteiger partial charge in [-0.05, 0) is 30.7 Å². The summed E-state index contributed by atoms with van der Waals surface area (Å²) in [7, 11) is 0. The molecule has 0 spiro atoms. The Kier molecular flexibility index (Phi) is 2.95. The van der Waals surface area contributed by atoms with Gasteiger partial charge in [0.2, 0.25) is 0 Å². The minimum absolute atomic E-state index is 0.0825. The molecule has 0 saturated carbocycles. The second-order valence-corrected chi connectivity index (χ2v) is 4.50. The number of aryl methyl sites for hydroxylation is 1. The van der Waals surface area contributed by atoms with Gasteiger partial charge in [-0.15, -0.1) is 0 Å². The van der Waals surface area contributed by atoms with E-state index in [2.05, 4.69) is 4.90 Å². The van der Waals surface area contributed by atoms with Crippen molar-refractivity contribution in [2.45, 2.75) is 20.3 Å². The van der Waals surface area contributed by atoms with Gasteiger partial charge in [-0.1, -0.05) is 6.92 Å². The highest BCUT2D eigenvalue weighted by Gasteiger charge is 2.23. The molecule has 2 nitrogen and oxygen atoms in total. The zero-order valence-electron chi connectivity index (χ0n) is 9.66. The summed E-state index contributed by atoms with van der Waals surface area (Å²) >= 11 is 0. The summed E-state index contributed by atoms with van der Waals surface area (Å²) in [5, 5.41) is 0. The smallest absolute Gasteiger partial charge is 0.139 e. The molecule has 2 rings (SSSR count). The molecule has 1 heterocycles. The van der Waals surface area contributed by atoms with Crippen molar-refractivity contribution in [2.75, 3.05) is 18.0 Å². The monoisotopic (exact) mass is 221 g/mol. The number of nitrogens with zero attached hydrogens (tertiary/aromatic N) is 1. The lowest BCUT2D eigenvalue weighted by Crippen LogP contribution is -2.39. The maximum Gasteiger partial charge on any atom is 0.139 e. The minimum Gasteiger partial charge on any atom is -0.370 e. The Bertz CT molecular complexity index is 416. The van der Waals surface area contributed by atoms with Crippen molar-refractivity contribution >= 4 is 11.5 Å². The van der Waals surface area contributed by atoms with Crippen LogP contribution in [0.15, 0.2) is 18.2 Å². The molecular formula is C13H16FNO. The number of hydrogen-bond donors (Lipinski definition) is 0. The van der Waals surface area contributed by atoms with Crippen LogP contribution in [0.5, 0.6) is 0 Å². The van der Waals surface area contributed by atoms with E-state index in [1.165, 1.54) is 6.07 Å². The summed E-state index contributed by atoms with van der Waals surface area (Å²) in [4.78, 5) is 13.6. The number of piperidine rings is 1. The van der Waals surface area contributed by atoms with Gasteiger partial charge < -0.3 is 4.90 Å². The van der Waals surface area contributed by atoms with Crippen LogP contribution in [0.3, 0.4) is 0 Å². The molecule has 1 aromatic carbocycles. The summed E-state index contributed by atoms with van der Waals surface area (Å²) in [6, 6.07) is 5.12. The summed E-state index contributed by atoms with van der Waals surface area (Å²) < 4.78 is 13.1. The second-order valence-electron chi connectivity index (χ2n) is 4.50. The molecule has 0 radical (unpaired) electrons. The van der Waals surface area contributed by atoms with E-state index in [1.54, 1.807) is 13.0 Å². The lowest BCUT2D eigenvalue weighted by Gasteiger charge is -2.32. The highest BCUT2D eigenvalue weighted by molar-refractivity contribution is 5.83. The van der Waals surface area contributed by atoms with Gasteiger partial charge in [-0.25, -0.2) is 4.39 Å². The highest BCUT2D eigenvalue weighted by Crippen LogP contribution is 2.23. The molecule has 1 aliphatic heterocycles. The summed E-state index contributed by atoms with van der Waals surface area (Å²) in [5.41, 5.74) is 1.67. The van der Waals surface area contributed by atoms with Crippen LogP contribution in [0.25, 0.3) is 0 Å². The first kappa shape index (κ1) is 11.1. The molecular weight excluding hydrogens is 205 g/mol. The molecule has 1 unspecified atom stereocenters. The third-order valence-electron chi connectivity index (χ3n) is 3.18. The van der Waals surface area contributed by atoms with Crippen molar-refractivity contribution < 1.29 is 9.18 Å². The molecule has 3 heteroatoms. The lowest BCUT2D eigenvalue weighted by molar-refractivity contribution is -0.122. The number of carbonyl (C=O) groups is 1. The van der Waals surface area contributed by atoms with E-state index in [0.29, 0.717) is 17.8 Å². The highest BCUT2D eigenvalue weighted by atomic mass is 19.1. The predicted molar refractivity (Wildman–Crippen MR) is 62.1 cm³/mol. The third-order valence-corrected chi connectivity index (χ3v) is 3.18. The quantitative estimate of drug-likeness (QED) is 0.726. The fourth-order valence-electron chi connectivity index (χ4n) is 2.08. The maximum atomic E-state index is 13.1. The van der Waals surface area contributed by atoms with Gasteiger partial charge in [0.1, 0.15) is 11.6 Å². The standard InChI is InChI=1S/C13H16FNO/c1-9-7-11(3-4-12(9)14)15-6-5-13(16)10(2)8-15/h3-4,7,10H,5-6,8H2,1-2H3. The van der Waals surface area contributed by atoms with E-state index in [1.807, 2.05) is 13.0 Å². The zero-order valence-corrected chi connectivity index (χ0v) is 9.66. The van der Waals surface area contributed by atoms with E-state index in [0.717, 1.165) is 18.8 Å². The fraction of sp³-hybridized carbons (Fsp3) is 0.462.